The number of fused-ring (bicyclic) bond motifs is 1. The van der Waals surface area contributed by atoms with Crippen molar-refractivity contribution in [3.63, 3.8) is 0 Å². The van der Waals surface area contributed by atoms with Crippen LogP contribution in [-0.2, 0) is 4.79 Å². The van der Waals surface area contributed by atoms with E-state index in [1.165, 1.54) is 13.0 Å². The molecule has 1 aromatic carbocycles. The molecule has 0 saturated heterocycles. The van der Waals surface area contributed by atoms with Gasteiger partial charge >= 0.3 is 0 Å². The molecule has 0 saturated carbocycles. The summed E-state index contributed by atoms with van der Waals surface area (Å²) in [4.78, 5) is 17.7. The van der Waals surface area contributed by atoms with E-state index in [-0.39, 0.29) is 11.7 Å². The number of anilines is 1. The van der Waals surface area contributed by atoms with Crippen molar-refractivity contribution in [2.75, 3.05) is 5.32 Å². The third-order valence-corrected chi connectivity index (χ3v) is 1.76. The van der Waals surface area contributed by atoms with Gasteiger partial charge in [0.2, 0.25) is 11.9 Å². The highest BCUT2D eigenvalue weighted by molar-refractivity contribution is 5.89. The number of amides is 1. The van der Waals surface area contributed by atoms with Gasteiger partial charge in [-0.05, 0) is 12.1 Å². The number of phenolic OH excluding ortho intramolecular Hbond substituents is 1. The monoisotopic (exact) mass is 191 g/mol. The number of H-pyrrole nitrogens is 1. The predicted molar refractivity (Wildman–Crippen MR) is 52.1 cm³/mol. The lowest BCUT2D eigenvalue weighted by molar-refractivity contribution is -0.114. The van der Waals surface area contributed by atoms with Gasteiger partial charge in [-0.3, -0.25) is 10.1 Å². The molecule has 1 aromatic heterocycles. The minimum atomic E-state index is -0.187. The summed E-state index contributed by atoms with van der Waals surface area (Å²) in [5, 5.41) is 11.7. The van der Waals surface area contributed by atoms with Crippen LogP contribution in [0.1, 0.15) is 6.92 Å². The zero-order chi connectivity index (χ0) is 10.1. The number of benzene rings is 1. The predicted octanol–water partition coefficient (Wildman–Crippen LogP) is 1.23. The van der Waals surface area contributed by atoms with Crippen LogP contribution in [0.3, 0.4) is 0 Å². The first kappa shape index (κ1) is 8.55. The Kier molecular flexibility index (Phi) is 1.85. The average molecular weight is 191 g/mol. The molecule has 3 N–H and O–H groups in total. The maximum atomic E-state index is 10.7. The van der Waals surface area contributed by atoms with Gasteiger partial charge in [-0.1, -0.05) is 0 Å². The van der Waals surface area contributed by atoms with E-state index in [2.05, 4.69) is 15.3 Å². The molecule has 0 aliphatic carbocycles. The lowest BCUT2D eigenvalue weighted by Crippen LogP contribution is -2.06. The van der Waals surface area contributed by atoms with Crippen LogP contribution in [0.25, 0.3) is 11.0 Å². The summed E-state index contributed by atoms with van der Waals surface area (Å²) in [5.74, 6) is 0.352. The van der Waals surface area contributed by atoms with E-state index in [0.29, 0.717) is 11.5 Å². The Morgan fingerprint density at radius 2 is 2.36 bits per heavy atom. The zero-order valence-corrected chi connectivity index (χ0v) is 7.53. The van der Waals surface area contributed by atoms with Gasteiger partial charge in [-0.15, -0.1) is 0 Å². The summed E-state index contributed by atoms with van der Waals surface area (Å²) in [7, 11) is 0. The summed E-state index contributed by atoms with van der Waals surface area (Å²) in [5.41, 5.74) is 1.39. The largest absolute Gasteiger partial charge is 0.508 e. The van der Waals surface area contributed by atoms with Gasteiger partial charge in [-0.25, -0.2) is 4.98 Å². The zero-order valence-electron chi connectivity index (χ0n) is 7.53. The SMILES string of the molecule is CC(=O)Nc1nc2cc(O)ccc2[nH]1. The Balaban J connectivity index is 2.46. The van der Waals surface area contributed by atoms with Crippen LogP contribution in [0.4, 0.5) is 5.95 Å². The molecule has 1 heterocycles. The van der Waals surface area contributed by atoms with Gasteiger partial charge in [0.05, 0.1) is 11.0 Å². The highest BCUT2D eigenvalue weighted by Crippen LogP contribution is 2.19. The normalized spacial score (nSPS) is 10.4. The molecule has 0 spiro atoms. The fraction of sp³-hybridized carbons (Fsp3) is 0.111. The molecular weight excluding hydrogens is 182 g/mol. The number of imidazole rings is 1. The molecule has 2 aromatic rings. The van der Waals surface area contributed by atoms with E-state index >= 15 is 0 Å². The molecule has 0 fully saturated rings. The summed E-state index contributed by atoms with van der Waals surface area (Å²) >= 11 is 0. The molecule has 1 amide bonds. The second-order valence-electron chi connectivity index (χ2n) is 2.97. The highest BCUT2D eigenvalue weighted by Gasteiger charge is 2.03. The minimum absolute atomic E-state index is 0.151. The molecule has 0 bridgehead atoms. The van der Waals surface area contributed by atoms with Crippen molar-refractivity contribution in [3.05, 3.63) is 18.2 Å². The first-order valence-electron chi connectivity index (χ1n) is 4.11. The Hall–Kier alpha value is -2.04. The number of aromatic amines is 1. The molecular formula is C9H9N3O2. The molecule has 0 radical (unpaired) electrons. The number of rotatable bonds is 1. The third-order valence-electron chi connectivity index (χ3n) is 1.76. The van der Waals surface area contributed by atoms with E-state index in [9.17, 15) is 9.90 Å². The number of phenols is 1. The molecule has 5 nitrogen and oxygen atoms in total. The number of carbonyl (C=O) groups is 1. The topological polar surface area (TPSA) is 78.0 Å². The number of nitrogens with zero attached hydrogens (tertiary/aromatic N) is 1. The number of aromatic nitrogens is 2. The second-order valence-corrected chi connectivity index (χ2v) is 2.97. The van der Waals surface area contributed by atoms with Crippen LogP contribution in [-0.4, -0.2) is 21.0 Å². The van der Waals surface area contributed by atoms with E-state index in [0.717, 1.165) is 5.52 Å². The number of carbonyl (C=O) groups excluding carboxylic acids is 1. The first-order chi connectivity index (χ1) is 6.65. The Labute approximate surface area is 79.8 Å². The van der Waals surface area contributed by atoms with Crippen molar-refractivity contribution in [1.29, 1.82) is 0 Å². The fourth-order valence-electron chi connectivity index (χ4n) is 1.22. The van der Waals surface area contributed by atoms with Crippen molar-refractivity contribution in [2.45, 2.75) is 6.92 Å². The average Bonchev–Trinajstić information content (AvgIpc) is 2.44. The third kappa shape index (κ3) is 1.52. The second kappa shape index (κ2) is 3.02. The Bertz CT molecular complexity index is 490. The van der Waals surface area contributed by atoms with Gasteiger partial charge in [0.25, 0.3) is 0 Å². The van der Waals surface area contributed by atoms with Gasteiger partial charge in [0.1, 0.15) is 5.75 Å². The number of nitrogens with one attached hydrogen (secondary N) is 2. The van der Waals surface area contributed by atoms with Gasteiger partial charge in [0.15, 0.2) is 0 Å². The molecule has 0 aliphatic heterocycles. The maximum absolute atomic E-state index is 10.7. The number of hydrogen-bond acceptors (Lipinski definition) is 3. The maximum Gasteiger partial charge on any atom is 0.223 e. The van der Waals surface area contributed by atoms with Crippen LogP contribution in [0.5, 0.6) is 5.75 Å². The van der Waals surface area contributed by atoms with Gasteiger partial charge in [0, 0.05) is 13.0 Å². The molecule has 72 valence electrons. The van der Waals surface area contributed by atoms with Crippen molar-refractivity contribution >= 4 is 22.9 Å². The Morgan fingerprint density at radius 1 is 1.57 bits per heavy atom. The fourth-order valence-corrected chi connectivity index (χ4v) is 1.22. The van der Waals surface area contributed by atoms with Crippen LogP contribution in [0.15, 0.2) is 18.2 Å². The lowest BCUT2D eigenvalue weighted by atomic mass is 10.3. The van der Waals surface area contributed by atoms with Crippen LogP contribution < -0.4 is 5.32 Å². The minimum Gasteiger partial charge on any atom is -0.508 e. The number of hydrogen-bond donors (Lipinski definition) is 3. The van der Waals surface area contributed by atoms with E-state index < -0.39 is 0 Å². The molecule has 5 heteroatoms. The van der Waals surface area contributed by atoms with Crippen LogP contribution in [0.2, 0.25) is 0 Å². The van der Waals surface area contributed by atoms with Crippen molar-refractivity contribution in [1.82, 2.24) is 9.97 Å². The summed E-state index contributed by atoms with van der Waals surface area (Å²) in [6.07, 6.45) is 0. The van der Waals surface area contributed by atoms with Crippen molar-refractivity contribution in [3.8, 4) is 5.75 Å². The van der Waals surface area contributed by atoms with E-state index in [4.69, 9.17) is 0 Å². The van der Waals surface area contributed by atoms with Crippen LogP contribution in [0, 0.1) is 0 Å². The first-order valence-corrected chi connectivity index (χ1v) is 4.11. The number of aromatic hydroxyl groups is 1. The molecule has 0 aliphatic rings. The van der Waals surface area contributed by atoms with E-state index in [1.54, 1.807) is 12.1 Å². The standard InChI is InChI=1S/C9H9N3O2/c1-5(13)10-9-11-7-3-2-6(14)4-8(7)12-9/h2-4,14H,1H3,(H2,10,11,12,13). The summed E-state index contributed by atoms with van der Waals surface area (Å²) < 4.78 is 0. The van der Waals surface area contributed by atoms with Gasteiger partial charge < -0.3 is 10.1 Å². The van der Waals surface area contributed by atoms with Crippen molar-refractivity contribution < 1.29 is 9.90 Å². The summed E-state index contributed by atoms with van der Waals surface area (Å²) in [6.45, 7) is 1.41. The molecule has 0 atom stereocenters. The van der Waals surface area contributed by atoms with E-state index in [1.807, 2.05) is 0 Å². The summed E-state index contributed by atoms with van der Waals surface area (Å²) in [6, 6.07) is 4.78. The Morgan fingerprint density at radius 3 is 3.07 bits per heavy atom. The molecule has 14 heavy (non-hydrogen) atoms. The van der Waals surface area contributed by atoms with Gasteiger partial charge in [-0.2, -0.15) is 0 Å². The molecule has 2 rings (SSSR count). The van der Waals surface area contributed by atoms with Crippen LogP contribution >= 0.6 is 0 Å². The van der Waals surface area contributed by atoms with Crippen molar-refractivity contribution in [2.24, 2.45) is 0 Å². The highest BCUT2D eigenvalue weighted by atomic mass is 16.3. The lowest BCUT2D eigenvalue weighted by Gasteiger charge is -1.92. The molecule has 0 unspecified atom stereocenters. The quantitative estimate of drug-likeness (QED) is 0.634. The smallest absolute Gasteiger partial charge is 0.223 e.